The first-order valence-corrected chi connectivity index (χ1v) is 8.29. The van der Waals surface area contributed by atoms with Crippen molar-refractivity contribution in [1.82, 2.24) is 4.90 Å². The number of rotatable bonds is 1. The van der Waals surface area contributed by atoms with Crippen molar-refractivity contribution < 1.29 is 0 Å². The Morgan fingerprint density at radius 2 is 1.70 bits per heavy atom. The lowest BCUT2D eigenvalue weighted by atomic mass is 9.69. The molecule has 20 heavy (non-hydrogen) atoms. The molecular formula is C17H24N2S. The number of hydrogen-bond acceptors (Lipinski definition) is 1. The van der Waals surface area contributed by atoms with Gasteiger partial charge in [0.15, 0.2) is 5.11 Å². The Bertz CT molecular complexity index is 446. The van der Waals surface area contributed by atoms with E-state index in [0.717, 1.165) is 23.9 Å². The third kappa shape index (κ3) is 3.14. The van der Waals surface area contributed by atoms with E-state index in [2.05, 4.69) is 22.3 Å². The second kappa shape index (κ2) is 6.13. The summed E-state index contributed by atoms with van der Waals surface area (Å²) in [4.78, 5) is 2.40. The van der Waals surface area contributed by atoms with Crippen molar-refractivity contribution in [2.75, 3.05) is 18.4 Å². The van der Waals surface area contributed by atoms with Crippen LogP contribution in [0.1, 0.15) is 44.9 Å². The topological polar surface area (TPSA) is 15.3 Å². The van der Waals surface area contributed by atoms with Gasteiger partial charge in [-0.2, -0.15) is 0 Å². The van der Waals surface area contributed by atoms with Gasteiger partial charge in [-0.15, -0.1) is 0 Å². The third-order valence-electron chi connectivity index (χ3n) is 4.89. The molecule has 0 unspecified atom stereocenters. The summed E-state index contributed by atoms with van der Waals surface area (Å²) < 4.78 is 0. The minimum Gasteiger partial charge on any atom is -0.348 e. The van der Waals surface area contributed by atoms with E-state index < -0.39 is 0 Å². The molecule has 0 bridgehead atoms. The van der Waals surface area contributed by atoms with Crippen LogP contribution in [0, 0.1) is 5.41 Å². The van der Waals surface area contributed by atoms with Crippen molar-refractivity contribution >= 4 is 23.0 Å². The minimum atomic E-state index is 0.554. The van der Waals surface area contributed by atoms with E-state index in [9.17, 15) is 0 Å². The predicted octanol–water partition coefficient (Wildman–Crippen LogP) is 4.43. The average Bonchev–Trinajstić information content (AvgIpc) is 2.49. The van der Waals surface area contributed by atoms with E-state index in [1.54, 1.807) is 0 Å². The summed E-state index contributed by atoms with van der Waals surface area (Å²) in [5.41, 5.74) is 1.65. The number of nitrogens with zero attached hydrogens (tertiary/aromatic N) is 1. The lowest BCUT2D eigenvalue weighted by Gasteiger charge is -2.46. The SMILES string of the molecule is S=C(Nc1ccccc1)N1CCCC2(CCCCC2)C1. The van der Waals surface area contributed by atoms with Crippen LogP contribution in [0.3, 0.4) is 0 Å². The molecule has 0 aromatic heterocycles. The normalized spacial score (nSPS) is 21.7. The molecular weight excluding hydrogens is 264 g/mol. The molecule has 1 aliphatic carbocycles. The van der Waals surface area contributed by atoms with Crippen molar-refractivity contribution in [2.45, 2.75) is 44.9 Å². The molecule has 1 N–H and O–H groups in total. The Morgan fingerprint density at radius 1 is 1.00 bits per heavy atom. The number of thiocarbonyl (C=S) groups is 1. The number of benzene rings is 1. The van der Waals surface area contributed by atoms with Crippen LogP contribution in [-0.4, -0.2) is 23.1 Å². The maximum Gasteiger partial charge on any atom is 0.173 e. The van der Waals surface area contributed by atoms with Crippen LogP contribution in [0.5, 0.6) is 0 Å². The molecule has 108 valence electrons. The number of hydrogen-bond donors (Lipinski definition) is 1. The largest absolute Gasteiger partial charge is 0.348 e. The highest BCUT2D eigenvalue weighted by atomic mass is 32.1. The first kappa shape index (κ1) is 13.9. The number of para-hydroxylation sites is 1. The second-order valence-electron chi connectivity index (χ2n) is 6.38. The van der Waals surface area contributed by atoms with Crippen molar-refractivity contribution in [3.8, 4) is 0 Å². The van der Waals surface area contributed by atoms with Crippen molar-refractivity contribution in [1.29, 1.82) is 0 Å². The molecule has 1 aromatic rings. The fraction of sp³-hybridized carbons (Fsp3) is 0.588. The molecule has 0 atom stereocenters. The molecule has 2 fully saturated rings. The fourth-order valence-electron chi connectivity index (χ4n) is 3.82. The number of anilines is 1. The molecule has 1 saturated heterocycles. The van der Waals surface area contributed by atoms with Crippen molar-refractivity contribution in [2.24, 2.45) is 5.41 Å². The van der Waals surface area contributed by atoms with E-state index in [0.29, 0.717) is 5.41 Å². The van der Waals surface area contributed by atoms with Gasteiger partial charge < -0.3 is 10.2 Å². The van der Waals surface area contributed by atoms with E-state index in [-0.39, 0.29) is 0 Å². The van der Waals surface area contributed by atoms with E-state index in [1.807, 2.05) is 18.2 Å². The van der Waals surface area contributed by atoms with Gasteiger partial charge in [-0.25, -0.2) is 0 Å². The van der Waals surface area contributed by atoms with E-state index in [1.165, 1.54) is 44.9 Å². The van der Waals surface area contributed by atoms with Crippen LogP contribution in [0.15, 0.2) is 30.3 Å². The zero-order chi connectivity index (χ0) is 13.8. The first-order valence-electron chi connectivity index (χ1n) is 7.89. The summed E-state index contributed by atoms with van der Waals surface area (Å²) in [6.45, 7) is 2.27. The molecule has 1 heterocycles. The second-order valence-corrected chi connectivity index (χ2v) is 6.77. The molecule has 1 saturated carbocycles. The zero-order valence-corrected chi connectivity index (χ0v) is 12.9. The van der Waals surface area contributed by atoms with Gasteiger partial charge >= 0.3 is 0 Å². The summed E-state index contributed by atoms with van der Waals surface area (Å²) in [6.07, 6.45) is 9.73. The molecule has 0 amide bonds. The lowest BCUT2D eigenvalue weighted by molar-refractivity contribution is 0.0918. The Hall–Kier alpha value is -1.09. The maximum atomic E-state index is 5.62. The third-order valence-corrected chi connectivity index (χ3v) is 5.25. The summed E-state index contributed by atoms with van der Waals surface area (Å²) in [5, 5.41) is 4.29. The maximum absolute atomic E-state index is 5.62. The summed E-state index contributed by atoms with van der Waals surface area (Å²) in [7, 11) is 0. The monoisotopic (exact) mass is 288 g/mol. The van der Waals surface area contributed by atoms with Gasteiger partial charge in [0.25, 0.3) is 0 Å². The molecule has 3 rings (SSSR count). The van der Waals surface area contributed by atoms with Gasteiger partial charge in [-0.1, -0.05) is 37.5 Å². The van der Waals surface area contributed by atoms with Crippen LogP contribution in [0.25, 0.3) is 0 Å². The van der Waals surface area contributed by atoms with Crippen LogP contribution in [0.4, 0.5) is 5.69 Å². The lowest BCUT2D eigenvalue weighted by Crippen LogP contribution is -2.48. The van der Waals surface area contributed by atoms with Gasteiger partial charge in [-0.3, -0.25) is 0 Å². The molecule has 2 aliphatic rings. The summed E-state index contributed by atoms with van der Waals surface area (Å²) >= 11 is 5.62. The number of nitrogens with one attached hydrogen (secondary N) is 1. The van der Waals surface area contributed by atoms with Crippen LogP contribution < -0.4 is 5.32 Å². The molecule has 2 nitrogen and oxygen atoms in total. The first-order chi connectivity index (χ1) is 9.77. The minimum absolute atomic E-state index is 0.554. The van der Waals surface area contributed by atoms with E-state index in [4.69, 9.17) is 12.2 Å². The zero-order valence-electron chi connectivity index (χ0n) is 12.1. The Kier molecular flexibility index (Phi) is 4.25. The van der Waals surface area contributed by atoms with Gasteiger partial charge in [0.1, 0.15) is 0 Å². The smallest absolute Gasteiger partial charge is 0.173 e. The predicted molar refractivity (Wildman–Crippen MR) is 89.0 cm³/mol. The molecule has 3 heteroatoms. The van der Waals surface area contributed by atoms with Crippen molar-refractivity contribution in [3.63, 3.8) is 0 Å². The molecule has 1 spiro atoms. The van der Waals surface area contributed by atoms with Gasteiger partial charge in [-0.05, 0) is 55.4 Å². The van der Waals surface area contributed by atoms with Crippen LogP contribution in [-0.2, 0) is 0 Å². The average molecular weight is 288 g/mol. The van der Waals surface area contributed by atoms with E-state index >= 15 is 0 Å². The highest BCUT2D eigenvalue weighted by Crippen LogP contribution is 2.43. The standard InChI is InChI=1S/C17H24N2S/c20-16(18-15-8-3-1-4-9-15)19-13-7-12-17(14-19)10-5-2-6-11-17/h1,3-4,8-9H,2,5-7,10-14H2,(H,18,20). The Balaban J connectivity index is 1.63. The van der Waals surface area contributed by atoms with Crippen LogP contribution >= 0.6 is 12.2 Å². The molecule has 0 radical (unpaired) electrons. The fourth-order valence-corrected chi connectivity index (χ4v) is 4.09. The van der Waals surface area contributed by atoms with Gasteiger partial charge in [0.05, 0.1) is 0 Å². The summed E-state index contributed by atoms with van der Waals surface area (Å²) in [6, 6.07) is 10.3. The van der Waals surface area contributed by atoms with Crippen molar-refractivity contribution in [3.05, 3.63) is 30.3 Å². The van der Waals surface area contributed by atoms with Gasteiger partial charge in [0.2, 0.25) is 0 Å². The number of piperidine rings is 1. The quantitative estimate of drug-likeness (QED) is 0.770. The van der Waals surface area contributed by atoms with Crippen LogP contribution in [0.2, 0.25) is 0 Å². The Labute approximate surface area is 127 Å². The highest BCUT2D eigenvalue weighted by Gasteiger charge is 2.37. The molecule has 1 aromatic carbocycles. The number of likely N-dealkylation sites (tertiary alicyclic amines) is 1. The summed E-state index contributed by atoms with van der Waals surface area (Å²) in [5.74, 6) is 0. The Morgan fingerprint density at radius 3 is 2.45 bits per heavy atom. The highest BCUT2D eigenvalue weighted by molar-refractivity contribution is 7.80. The molecule has 1 aliphatic heterocycles. The van der Waals surface area contributed by atoms with Gasteiger partial charge in [0, 0.05) is 18.8 Å².